The third-order valence-corrected chi connectivity index (χ3v) is 3.06. The number of rotatable bonds is 1. The van der Waals surface area contributed by atoms with Crippen LogP contribution in [0.25, 0.3) is 0 Å². The molecule has 0 atom stereocenters. The Labute approximate surface area is 99.1 Å². The summed E-state index contributed by atoms with van der Waals surface area (Å²) in [7, 11) is 0. The van der Waals surface area contributed by atoms with E-state index in [0.717, 1.165) is 17.8 Å². The average Bonchev–Trinajstić information content (AvgIpc) is 2.72. The second kappa shape index (κ2) is 4.44. The molecule has 0 saturated heterocycles. The lowest BCUT2D eigenvalue weighted by Crippen LogP contribution is -2.35. The summed E-state index contributed by atoms with van der Waals surface area (Å²) in [4.78, 5) is 4.07. The van der Waals surface area contributed by atoms with Crippen LogP contribution in [0.3, 0.4) is 0 Å². The van der Waals surface area contributed by atoms with Gasteiger partial charge >= 0.3 is 6.18 Å². The molecular formula is C9H9F3N3OS+. The lowest BCUT2D eigenvalue weighted by atomic mass is 10.3. The molecular weight excluding hydrogens is 255 g/mol. The Bertz CT molecular complexity index is 461. The van der Waals surface area contributed by atoms with Gasteiger partial charge in [-0.1, -0.05) is 0 Å². The quantitative estimate of drug-likeness (QED) is 0.593. The van der Waals surface area contributed by atoms with Crippen LogP contribution in [-0.4, -0.2) is 23.5 Å². The first-order valence-corrected chi connectivity index (χ1v) is 5.57. The Hall–Kier alpha value is -1.44. The fourth-order valence-electron chi connectivity index (χ4n) is 1.27. The van der Waals surface area contributed by atoms with Crippen molar-refractivity contribution in [3.63, 3.8) is 0 Å². The Morgan fingerprint density at radius 3 is 2.71 bits per heavy atom. The largest absolute Gasteiger partial charge is 0.422 e. The molecule has 1 aromatic heterocycles. The fourth-order valence-corrected chi connectivity index (χ4v) is 2.08. The van der Waals surface area contributed by atoms with Gasteiger partial charge in [-0.25, -0.2) is 0 Å². The van der Waals surface area contributed by atoms with Crippen molar-refractivity contribution in [3.05, 3.63) is 23.9 Å². The van der Waals surface area contributed by atoms with Crippen LogP contribution in [0.15, 0.2) is 28.3 Å². The van der Waals surface area contributed by atoms with E-state index in [1.165, 1.54) is 6.07 Å². The molecule has 0 fully saturated rings. The van der Waals surface area contributed by atoms with Gasteiger partial charge in [-0.3, -0.25) is 10.2 Å². The van der Waals surface area contributed by atoms with E-state index in [-0.39, 0.29) is 5.03 Å². The minimum atomic E-state index is -4.46. The molecule has 1 aliphatic heterocycles. The first kappa shape index (κ1) is 12.0. The standard InChI is InChI=1S/C9H9F3N3OS/c10-9(11,12)6-1-2-7(15(16)5-6)17-8-13-3-4-14-8/h1-2,5,16H,3-4H2,(H,13,14)/q+1. The van der Waals surface area contributed by atoms with Crippen molar-refractivity contribution in [2.24, 2.45) is 4.99 Å². The predicted octanol–water partition coefficient (Wildman–Crippen LogP) is 1.28. The van der Waals surface area contributed by atoms with E-state index < -0.39 is 11.7 Å². The highest BCUT2D eigenvalue weighted by atomic mass is 32.2. The van der Waals surface area contributed by atoms with Crippen LogP contribution >= 0.6 is 11.8 Å². The maximum Gasteiger partial charge on any atom is 0.422 e. The SMILES string of the molecule is O[n+]1cc(C(F)(F)F)ccc1SC1=NCCN1. The van der Waals surface area contributed by atoms with Crippen molar-refractivity contribution in [1.29, 1.82) is 0 Å². The summed E-state index contributed by atoms with van der Waals surface area (Å²) in [5.41, 5.74) is -0.898. The smallest absolute Gasteiger partial charge is 0.363 e. The zero-order chi connectivity index (χ0) is 12.5. The first-order chi connectivity index (χ1) is 7.97. The van der Waals surface area contributed by atoms with E-state index in [4.69, 9.17) is 0 Å². The third kappa shape index (κ3) is 2.82. The molecule has 0 saturated carbocycles. The normalized spacial score (nSPS) is 15.6. The highest BCUT2D eigenvalue weighted by Crippen LogP contribution is 2.29. The van der Waals surface area contributed by atoms with Crippen LogP contribution in [0.1, 0.15) is 5.56 Å². The number of nitrogens with zero attached hydrogens (tertiary/aromatic N) is 2. The molecule has 1 aliphatic rings. The van der Waals surface area contributed by atoms with Gasteiger partial charge in [-0.2, -0.15) is 13.2 Å². The predicted molar refractivity (Wildman–Crippen MR) is 55.0 cm³/mol. The lowest BCUT2D eigenvalue weighted by Gasteiger charge is -2.04. The molecule has 0 amide bonds. The number of pyridine rings is 1. The van der Waals surface area contributed by atoms with Crippen molar-refractivity contribution in [1.82, 2.24) is 5.32 Å². The highest BCUT2D eigenvalue weighted by Gasteiger charge is 2.34. The molecule has 92 valence electrons. The van der Waals surface area contributed by atoms with Gasteiger partial charge in [0, 0.05) is 29.1 Å². The van der Waals surface area contributed by atoms with Gasteiger partial charge in [-0.05, 0) is 6.07 Å². The highest BCUT2D eigenvalue weighted by molar-refractivity contribution is 8.13. The fraction of sp³-hybridized carbons (Fsp3) is 0.333. The van der Waals surface area contributed by atoms with Crippen molar-refractivity contribution in [2.75, 3.05) is 13.1 Å². The minimum absolute atomic E-state index is 0.270. The van der Waals surface area contributed by atoms with E-state index in [0.29, 0.717) is 29.2 Å². The summed E-state index contributed by atoms with van der Waals surface area (Å²) >= 11 is 1.08. The van der Waals surface area contributed by atoms with E-state index in [1.807, 2.05) is 0 Å². The van der Waals surface area contributed by atoms with E-state index in [2.05, 4.69) is 10.3 Å². The number of hydrogen-bond donors (Lipinski definition) is 2. The number of aliphatic imine (C=N–C) groups is 1. The maximum absolute atomic E-state index is 12.3. The van der Waals surface area contributed by atoms with Crippen LogP contribution in [0, 0.1) is 0 Å². The summed E-state index contributed by atoms with van der Waals surface area (Å²) in [6.07, 6.45) is -3.82. The number of alkyl halides is 3. The number of hydrogen-bond acceptors (Lipinski definition) is 4. The molecule has 2 N–H and O–H groups in total. The van der Waals surface area contributed by atoms with Crippen molar-refractivity contribution >= 4 is 16.9 Å². The molecule has 4 nitrogen and oxygen atoms in total. The second-order valence-electron chi connectivity index (χ2n) is 3.31. The molecule has 0 spiro atoms. The molecule has 2 heterocycles. The van der Waals surface area contributed by atoms with E-state index in [9.17, 15) is 18.4 Å². The van der Waals surface area contributed by atoms with Crippen molar-refractivity contribution < 1.29 is 23.1 Å². The summed E-state index contributed by atoms with van der Waals surface area (Å²) in [5.74, 6) is 0. The van der Waals surface area contributed by atoms with Gasteiger partial charge in [0.05, 0.1) is 6.54 Å². The zero-order valence-electron chi connectivity index (χ0n) is 8.53. The Morgan fingerprint density at radius 2 is 2.18 bits per heavy atom. The number of thioether (sulfide) groups is 1. The number of amidine groups is 1. The monoisotopic (exact) mass is 264 g/mol. The molecule has 0 unspecified atom stereocenters. The summed E-state index contributed by atoms with van der Waals surface area (Å²) in [6, 6.07) is 2.13. The van der Waals surface area contributed by atoms with Gasteiger partial charge in [0.2, 0.25) is 6.20 Å². The van der Waals surface area contributed by atoms with Gasteiger partial charge in [0.25, 0.3) is 5.03 Å². The van der Waals surface area contributed by atoms with Crippen LogP contribution in [-0.2, 0) is 6.18 Å². The summed E-state index contributed by atoms with van der Waals surface area (Å²) < 4.78 is 37.5. The van der Waals surface area contributed by atoms with Gasteiger partial charge in [0.1, 0.15) is 5.56 Å². The Kier molecular flexibility index (Phi) is 3.14. The van der Waals surface area contributed by atoms with E-state index in [1.54, 1.807) is 0 Å². The minimum Gasteiger partial charge on any atom is -0.363 e. The molecule has 0 aliphatic carbocycles. The van der Waals surface area contributed by atoms with Crippen LogP contribution < -0.4 is 10.0 Å². The molecule has 17 heavy (non-hydrogen) atoms. The number of halogens is 3. The molecule has 0 bridgehead atoms. The summed E-state index contributed by atoms with van der Waals surface area (Å²) in [6.45, 7) is 1.34. The van der Waals surface area contributed by atoms with Crippen LogP contribution in [0.4, 0.5) is 13.2 Å². The molecule has 0 radical (unpaired) electrons. The zero-order valence-corrected chi connectivity index (χ0v) is 9.35. The Morgan fingerprint density at radius 1 is 1.41 bits per heavy atom. The number of nitrogens with one attached hydrogen (secondary N) is 1. The molecule has 2 rings (SSSR count). The lowest BCUT2D eigenvalue weighted by molar-refractivity contribution is -0.932. The molecule has 0 aromatic carbocycles. The maximum atomic E-state index is 12.3. The van der Waals surface area contributed by atoms with Gasteiger partial charge < -0.3 is 5.32 Å². The second-order valence-corrected chi connectivity index (χ2v) is 4.32. The topological polar surface area (TPSA) is 48.5 Å². The number of aromatic nitrogens is 1. The average molecular weight is 264 g/mol. The Balaban J connectivity index is 2.20. The molecule has 8 heteroatoms. The third-order valence-electron chi connectivity index (χ3n) is 2.06. The van der Waals surface area contributed by atoms with Crippen LogP contribution in [0.5, 0.6) is 0 Å². The molecule has 1 aromatic rings. The van der Waals surface area contributed by atoms with Crippen molar-refractivity contribution in [3.8, 4) is 0 Å². The van der Waals surface area contributed by atoms with Gasteiger partial charge in [0.15, 0.2) is 5.17 Å². The van der Waals surface area contributed by atoms with Gasteiger partial charge in [-0.15, -0.1) is 0 Å². The van der Waals surface area contributed by atoms with E-state index >= 15 is 0 Å². The van der Waals surface area contributed by atoms with Crippen molar-refractivity contribution in [2.45, 2.75) is 11.2 Å². The first-order valence-electron chi connectivity index (χ1n) is 4.75. The summed E-state index contributed by atoms with van der Waals surface area (Å²) in [5, 5.41) is 13.2. The van der Waals surface area contributed by atoms with Crippen LogP contribution in [0.2, 0.25) is 0 Å².